The molecule has 0 aliphatic carbocycles. The minimum absolute atomic E-state index is 0.0585. The molecule has 0 aliphatic heterocycles. The summed E-state index contributed by atoms with van der Waals surface area (Å²) in [6, 6.07) is 14.0. The molecule has 6 heteroatoms. The van der Waals surface area contributed by atoms with Gasteiger partial charge in [0.2, 0.25) is 0 Å². The van der Waals surface area contributed by atoms with Gasteiger partial charge in [0.1, 0.15) is 5.75 Å². The second-order valence-electron chi connectivity index (χ2n) is 6.70. The van der Waals surface area contributed by atoms with Crippen LogP contribution in [0.4, 0.5) is 0 Å². The van der Waals surface area contributed by atoms with E-state index in [0.717, 1.165) is 23.3 Å². The van der Waals surface area contributed by atoms with Gasteiger partial charge in [0.25, 0.3) is 0 Å². The summed E-state index contributed by atoms with van der Waals surface area (Å²) in [4.78, 5) is 11.6. The van der Waals surface area contributed by atoms with Crippen molar-refractivity contribution < 1.29 is 23.1 Å². The maximum absolute atomic E-state index is 12.6. The Morgan fingerprint density at radius 3 is 2.04 bits per heavy atom. The van der Waals surface area contributed by atoms with Gasteiger partial charge in [0.05, 0.1) is 11.5 Å². The zero-order valence-corrected chi connectivity index (χ0v) is 16.5. The SMILES string of the molecule is Cc1ccc(OCCCCCC(C(=O)O)S(=O)(=O)c2ccc(C)cc2)cc1. The molecule has 2 aromatic rings. The van der Waals surface area contributed by atoms with Crippen molar-refractivity contribution in [2.45, 2.75) is 49.7 Å². The van der Waals surface area contributed by atoms with Gasteiger partial charge in [0.15, 0.2) is 15.1 Å². The van der Waals surface area contributed by atoms with Crippen molar-refractivity contribution in [3.63, 3.8) is 0 Å². The highest BCUT2D eigenvalue weighted by Crippen LogP contribution is 2.21. The number of carbonyl (C=O) groups is 1. The first-order chi connectivity index (χ1) is 12.8. The summed E-state index contributed by atoms with van der Waals surface area (Å²) < 4.78 is 30.9. The molecule has 0 fully saturated rings. The summed E-state index contributed by atoms with van der Waals surface area (Å²) in [5.41, 5.74) is 2.09. The first kappa shape index (κ1) is 21.0. The highest BCUT2D eigenvalue weighted by molar-refractivity contribution is 7.92. The maximum atomic E-state index is 12.6. The number of rotatable bonds is 10. The molecule has 0 heterocycles. The molecule has 2 aromatic carbocycles. The van der Waals surface area contributed by atoms with Crippen LogP contribution in [0.25, 0.3) is 0 Å². The molecule has 2 rings (SSSR count). The number of sulfone groups is 1. The molecule has 0 aliphatic rings. The topological polar surface area (TPSA) is 80.7 Å². The van der Waals surface area contributed by atoms with Crippen molar-refractivity contribution in [3.05, 3.63) is 59.7 Å². The molecule has 0 spiro atoms. The van der Waals surface area contributed by atoms with E-state index in [4.69, 9.17) is 4.74 Å². The van der Waals surface area contributed by atoms with Crippen molar-refractivity contribution in [2.24, 2.45) is 0 Å². The predicted octanol–water partition coefficient (Wildman–Crippen LogP) is 4.17. The van der Waals surface area contributed by atoms with Crippen molar-refractivity contribution in [2.75, 3.05) is 6.61 Å². The highest BCUT2D eigenvalue weighted by atomic mass is 32.2. The van der Waals surface area contributed by atoms with Crippen molar-refractivity contribution in [1.29, 1.82) is 0 Å². The van der Waals surface area contributed by atoms with Gasteiger partial charge in [-0.2, -0.15) is 0 Å². The van der Waals surface area contributed by atoms with Crippen LogP contribution >= 0.6 is 0 Å². The van der Waals surface area contributed by atoms with Crippen LogP contribution in [0.3, 0.4) is 0 Å². The normalized spacial score (nSPS) is 12.5. The van der Waals surface area contributed by atoms with E-state index in [1.54, 1.807) is 12.1 Å². The fourth-order valence-electron chi connectivity index (χ4n) is 2.74. The molecule has 146 valence electrons. The van der Waals surface area contributed by atoms with E-state index in [1.807, 2.05) is 38.1 Å². The number of ether oxygens (including phenoxy) is 1. The van der Waals surface area contributed by atoms with Crippen LogP contribution in [0.2, 0.25) is 0 Å². The van der Waals surface area contributed by atoms with Gasteiger partial charge in [-0.25, -0.2) is 8.42 Å². The van der Waals surface area contributed by atoms with Crippen LogP contribution in [-0.2, 0) is 14.6 Å². The molecule has 0 saturated heterocycles. The monoisotopic (exact) mass is 390 g/mol. The molecular formula is C21H26O5S. The van der Waals surface area contributed by atoms with E-state index in [9.17, 15) is 18.3 Å². The van der Waals surface area contributed by atoms with E-state index in [2.05, 4.69) is 0 Å². The lowest BCUT2D eigenvalue weighted by Gasteiger charge is -2.14. The van der Waals surface area contributed by atoms with Crippen LogP contribution in [0.15, 0.2) is 53.4 Å². The Balaban J connectivity index is 1.83. The minimum Gasteiger partial charge on any atom is -0.494 e. The number of aliphatic carboxylic acids is 1. The average Bonchev–Trinajstić information content (AvgIpc) is 2.62. The Labute approximate surface area is 160 Å². The number of carboxylic acid groups (broad SMARTS) is 1. The third-order valence-corrected chi connectivity index (χ3v) is 6.52. The van der Waals surface area contributed by atoms with Crippen LogP contribution in [0.5, 0.6) is 5.75 Å². The second-order valence-corrected chi connectivity index (χ2v) is 8.83. The molecule has 0 amide bonds. The van der Waals surface area contributed by atoms with Crippen LogP contribution in [-0.4, -0.2) is 31.4 Å². The minimum atomic E-state index is -3.89. The zero-order valence-electron chi connectivity index (χ0n) is 15.7. The fraction of sp³-hybridized carbons (Fsp3) is 0.381. The first-order valence-electron chi connectivity index (χ1n) is 9.03. The van der Waals surface area contributed by atoms with E-state index in [-0.39, 0.29) is 11.3 Å². The number of benzene rings is 2. The summed E-state index contributed by atoms with van der Waals surface area (Å²) in [7, 11) is -3.89. The van der Waals surface area contributed by atoms with Crippen molar-refractivity contribution in [3.8, 4) is 5.75 Å². The van der Waals surface area contributed by atoms with E-state index < -0.39 is 21.1 Å². The Morgan fingerprint density at radius 2 is 1.48 bits per heavy atom. The Kier molecular flexibility index (Phi) is 7.42. The number of carboxylic acids is 1. The van der Waals surface area contributed by atoms with Gasteiger partial charge in [-0.1, -0.05) is 48.2 Å². The molecule has 1 atom stereocenters. The molecule has 0 radical (unpaired) electrons. The van der Waals surface area contributed by atoms with Crippen LogP contribution < -0.4 is 4.74 Å². The van der Waals surface area contributed by atoms with Crippen LogP contribution in [0, 0.1) is 13.8 Å². The predicted molar refractivity (Wildman–Crippen MR) is 105 cm³/mol. The summed E-state index contributed by atoms with van der Waals surface area (Å²) in [6.07, 6.45) is 2.05. The van der Waals surface area contributed by atoms with Gasteiger partial charge in [-0.05, 0) is 51.0 Å². The Hall–Kier alpha value is -2.34. The number of hydrogen-bond acceptors (Lipinski definition) is 4. The van der Waals surface area contributed by atoms with Gasteiger partial charge in [-0.15, -0.1) is 0 Å². The van der Waals surface area contributed by atoms with Gasteiger partial charge in [-0.3, -0.25) is 4.79 Å². The average molecular weight is 391 g/mol. The van der Waals surface area contributed by atoms with E-state index in [1.165, 1.54) is 12.1 Å². The first-order valence-corrected chi connectivity index (χ1v) is 10.6. The van der Waals surface area contributed by atoms with Gasteiger partial charge >= 0.3 is 5.97 Å². The lowest BCUT2D eigenvalue weighted by Crippen LogP contribution is -2.30. The quantitative estimate of drug-likeness (QED) is 0.616. The molecule has 1 N–H and O–H groups in total. The van der Waals surface area contributed by atoms with Crippen LogP contribution in [0.1, 0.15) is 36.8 Å². The Bertz CT molecular complexity index is 839. The van der Waals surface area contributed by atoms with E-state index >= 15 is 0 Å². The summed E-state index contributed by atoms with van der Waals surface area (Å²) in [5.74, 6) is -0.502. The third-order valence-electron chi connectivity index (χ3n) is 4.40. The number of aryl methyl sites for hydroxylation is 2. The molecule has 0 aromatic heterocycles. The zero-order chi connectivity index (χ0) is 19.9. The lowest BCUT2D eigenvalue weighted by atomic mass is 10.1. The molecule has 5 nitrogen and oxygen atoms in total. The Morgan fingerprint density at radius 1 is 0.926 bits per heavy atom. The molecule has 0 saturated carbocycles. The van der Waals surface area contributed by atoms with Gasteiger partial charge in [0, 0.05) is 0 Å². The standard InChI is InChI=1S/C21H26O5S/c1-16-7-11-18(12-8-16)26-15-5-3-4-6-20(21(22)23)27(24,25)19-13-9-17(2)10-14-19/h7-14,20H,3-6,15H2,1-2H3,(H,22,23). The molecule has 1 unspecified atom stereocenters. The number of unbranched alkanes of at least 4 members (excludes halogenated alkanes) is 2. The number of hydrogen-bond donors (Lipinski definition) is 1. The van der Waals surface area contributed by atoms with Gasteiger partial charge < -0.3 is 9.84 Å². The summed E-state index contributed by atoms with van der Waals surface area (Å²) >= 11 is 0. The highest BCUT2D eigenvalue weighted by Gasteiger charge is 2.33. The smallest absolute Gasteiger partial charge is 0.322 e. The van der Waals surface area contributed by atoms with Crippen molar-refractivity contribution in [1.82, 2.24) is 0 Å². The summed E-state index contributed by atoms with van der Waals surface area (Å²) in [6.45, 7) is 4.38. The molecule has 27 heavy (non-hydrogen) atoms. The fourth-order valence-corrected chi connectivity index (χ4v) is 4.32. The summed E-state index contributed by atoms with van der Waals surface area (Å²) in [5, 5.41) is 7.98. The second kappa shape index (κ2) is 9.55. The molecule has 0 bridgehead atoms. The molecular weight excluding hydrogens is 364 g/mol. The van der Waals surface area contributed by atoms with Crippen molar-refractivity contribution >= 4 is 15.8 Å². The van der Waals surface area contributed by atoms with E-state index in [0.29, 0.717) is 19.4 Å². The largest absolute Gasteiger partial charge is 0.494 e. The lowest BCUT2D eigenvalue weighted by molar-refractivity contribution is -0.136. The maximum Gasteiger partial charge on any atom is 0.322 e. The third kappa shape index (κ3) is 6.10.